The third-order valence-electron chi connectivity index (χ3n) is 1.67. The molecule has 0 heterocycles. The quantitative estimate of drug-likeness (QED) is 0.604. The Morgan fingerprint density at radius 1 is 1.09 bits per heavy atom. The van der Waals surface area contributed by atoms with Crippen LogP contribution in [0.2, 0.25) is 0 Å². The van der Waals surface area contributed by atoms with E-state index in [0.29, 0.717) is 11.4 Å². The Bertz CT molecular complexity index is 386. The molecule has 2 aromatic rings. The van der Waals surface area contributed by atoms with E-state index in [9.17, 15) is 5.11 Å². The summed E-state index contributed by atoms with van der Waals surface area (Å²) in [4.78, 5) is 0. The summed E-state index contributed by atoms with van der Waals surface area (Å²) in [6.45, 7) is 0. The number of benzene rings is 2. The predicted octanol–water partition coefficient (Wildman–Crippen LogP) is 2.55. The summed E-state index contributed by atoms with van der Waals surface area (Å²) in [5, 5.41) is 11.0. The second-order valence-corrected chi connectivity index (χ2v) is 2.41. The molecular weight excluding hydrogens is 136 g/mol. The van der Waals surface area contributed by atoms with Crippen LogP contribution in [0.3, 0.4) is 0 Å². The van der Waals surface area contributed by atoms with E-state index in [0.717, 1.165) is 5.39 Å². The van der Waals surface area contributed by atoms with Gasteiger partial charge >= 0.3 is 0 Å². The van der Waals surface area contributed by atoms with Crippen LogP contribution >= 0.6 is 0 Å². The van der Waals surface area contributed by atoms with E-state index >= 15 is 0 Å². The second-order valence-electron chi connectivity index (χ2n) is 2.41. The zero-order chi connectivity index (χ0) is 8.55. The molecule has 0 unspecified atom stereocenters. The molecule has 0 spiro atoms. The molecule has 0 fully saturated rings. The summed E-state index contributed by atoms with van der Waals surface area (Å²) in [5.41, 5.74) is 0. The third kappa shape index (κ3) is 0.944. The molecule has 2 aromatic carbocycles. The molecule has 0 aromatic heterocycles. The Morgan fingerprint density at radius 3 is 2.73 bits per heavy atom. The molecule has 0 radical (unpaired) electrons. The van der Waals surface area contributed by atoms with Gasteiger partial charge in [0.1, 0.15) is 5.75 Å². The molecule has 0 aliphatic carbocycles. The highest BCUT2D eigenvalue weighted by molar-refractivity contribution is 5.87. The molecule has 0 atom stereocenters. The second kappa shape index (κ2) is 2.27. The predicted molar refractivity (Wildman–Crippen MR) is 45.6 cm³/mol. The molecule has 1 nitrogen and oxygen atoms in total. The minimum Gasteiger partial charge on any atom is -0.507 e. The van der Waals surface area contributed by atoms with E-state index in [2.05, 4.69) is 0 Å². The first-order valence-electron chi connectivity index (χ1n) is 3.96. The summed E-state index contributed by atoms with van der Waals surface area (Å²) >= 11 is 0. The Morgan fingerprint density at radius 2 is 1.91 bits per heavy atom. The molecule has 0 saturated carbocycles. The SMILES string of the molecule is [2H]c1cccc2cccc(O)c12. The lowest BCUT2D eigenvalue weighted by molar-refractivity contribution is 0.481. The number of hydrogen-bond acceptors (Lipinski definition) is 1. The molecule has 2 rings (SSSR count). The van der Waals surface area contributed by atoms with E-state index in [1.54, 1.807) is 18.2 Å². The number of hydrogen-bond donors (Lipinski definition) is 1. The van der Waals surface area contributed by atoms with E-state index in [1.165, 1.54) is 0 Å². The van der Waals surface area contributed by atoms with Crippen LogP contribution in [0.25, 0.3) is 10.8 Å². The summed E-state index contributed by atoms with van der Waals surface area (Å²) in [6, 6.07) is 11.0. The van der Waals surface area contributed by atoms with E-state index in [4.69, 9.17) is 1.37 Å². The van der Waals surface area contributed by atoms with Crippen molar-refractivity contribution < 1.29 is 6.48 Å². The first-order chi connectivity index (χ1) is 5.79. The zero-order valence-corrected chi connectivity index (χ0v) is 5.91. The largest absolute Gasteiger partial charge is 0.507 e. The van der Waals surface area contributed by atoms with Crippen molar-refractivity contribution >= 4 is 10.8 Å². The van der Waals surface area contributed by atoms with Crippen LogP contribution in [-0.4, -0.2) is 5.11 Å². The maximum atomic E-state index is 9.43. The lowest BCUT2D eigenvalue weighted by atomic mass is 10.1. The number of fused-ring (bicyclic) bond motifs is 1. The fourth-order valence-electron chi connectivity index (χ4n) is 1.14. The van der Waals surface area contributed by atoms with Crippen LogP contribution in [0.4, 0.5) is 0 Å². The van der Waals surface area contributed by atoms with E-state index in [1.807, 2.05) is 18.2 Å². The van der Waals surface area contributed by atoms with Gasteiger partial charge < -0.3 is 5.11 Å². The van der Waals surface area contributed by atoms with Gasteiger partial charge in [-0.2, -0.15) is 0 Å². The average Bonchev–Trinajstić information content (AvgIpc) is 2.04. The maximum Gasteiger partial charge on any atom is 0.123 e. The van der Waals surface area contributed by atoms with Gasteiger partial charge in [0.25, 0.3) is 0 Å². The molecule has 1 heteroatoms. The molecule has 0 aliphatic rings. The molecular formula is C10H8O. The fourth-order valence-corrected chi connectivity index (χ4v) is 1.14. The summed E-state index contributed by atoms with van der Waals surface area (Å²) in [7, 11) is 0. The first-order valence-corrected chi connectivity index (χ1v) is 3.46. The normalized spacial score (nSPS) is 11.5. The Labute approximate surface area is 66.3 Å². The van der Waals surface area contributed by atoms with Crippen LogP contribution in [0.1, 0.15) is 1.37 Å². The zero-order valence-electron chi connectivity index (χ0n) is 6.91. The minimum absolute atomic E-state index is 0.179. The van der Waals surface area contributed by atoms with Crippen LogP contribution in [0.5, 0.6) is 5.75 Å². The molecule has 54 valence electrons. The van der Waals surface area contributed by atoms with Gasteiger partial charge in [0, 0.05) is 5.39 Å². The highest BCUT2D eigenvalue weighted by Crippen LogP contribution is 2.22. The van der Waals surface area contributed by atoms with Gasteiger partial charge in [-0.15, -0.1) is 0 Å². The Kier molecular flexibility index (Phi) is 1.07. The van der Waals surface area contributed by atoms with E-state index < -0.39 is 0 Å². The Hall–Kier alpha value is -1.50. The van der Waals surface area contributed by atoms with Gasteiger partial charge in [-0.25, -0.2) is 0 Å². The minimum atomic E-state index is 0.179. The highest BCUT2D eigenvalue weighted by Gasteiger charge is 1.94. The molecule has 11 heavy (non-hydrogen) atoms. The molecule has 0 bridgehead atoms. The van der Waals surface area contributed by atoms with Crippen LogP contribution < -0.4 is 0 Å². The van der Waals surface area contributed by atoms with E-state index in [-0.39, 0.29) is 5.75 Å². The smallest absolute Gasteiger partial charge is 0.123 e. The topological polar surface area (TPSA) is 20.2 Å². The Balaban J connectivity index is 2.96. The van der Waals surface area contributed by atoms with Crippen molar-refractivity contribution in [3.63, 3.8) is 0 Å². The summed E-state index contributed by atoms with van der Waals surface area (Å²) < 4.78 is 7.54. The molecule has 1 N–H and O–H groups in total. The lowest BCUT2D eigenvalue weighted by Crippen LogP contribution is -1.70. The standard InChI is InChI=1S/C10H8O/c11-10-7-3-5-8-4-1-2-6-9(8)10/h1-7,11H/i6D. The van der Waals surface area contributed by atoms with Crippen molar-refractivity contribution in [2.75, 3.05) is 0 Å². The number of rotatable bonds is 0. The number of phenolic OH excluding ortho intramolecular Hbond substituents is 1. The third-order valence-corrected chi connectivity index (χ3v) is 1.67. The van der Waals surface area contributed by atoms with Gasteiger partial charge in [0.15, 0.2) is 0 Å². The average molecular weight is 145 g/mol. The molecule has 0 amide bonds. The van der Waals surface area contributed by atoms with Gasteiger partial charge in [-0.3, -0.25) is 0 Å². The van der Waals surface area contributed by atoms with Gasteiger partial charge in [0.05, 0.1) is 1.37 Å². The van der Waals surface area contributed by atoms with Gasteiger partial charge in [0.2, 0.25) is 0 Å². The van der Waals surface area contributed by atoms with Crippen molar-refractivity contribution in [2.24, 2.45) is 0 Å². The summed E-state index contributed by atoms with van der Waals surface area (Å²) in [5.74, 6) is 0.179. The van der Waals surface area contributed by atoms with Crippen molar-refractivity contribution in [2.45, 2.75) is 0 Å². The monoisotopic (exact) mass is 145 g/mol. The first kappa shape index (κ1) is 5.19. The van der Waals surface area contributed by atoms with Crippen molar-refractivity contribution in [3.8, 4) is 5.75 Å². The maximum absolute atomic E-state index is 9.43. The lowest BCUT2D eigenvalue weighted by Gasteiger charge is -1.97. The van der Waals surface area contributed by atoms with Crippen molar-refractivity contribution in [1.82, 2.24) is 0 Å². The molecule has 0 saturated heterocycles. The van der Waals surface area contributed by atoms with Gasteiger partial charge in [-0.05, 0) is 11.5 Å². The molecule has 0 aliphatic heterocycles. The van der Waals surface area contributed by atoms with Crippen LogP contribution in [0, 0.1) is 0 Å². The van der Waals surface area contributed by atoms with Crippen LogP contribution in [-0.2, 0) is 0 Å². The van der Waals surface area contributed by atoms with Gasteiger partial charge in [-0.1, -0.05) is 36.4 Å². The van der Waals surface area contributed by atoms with Crippen molar-refractivity contribution in [1.29, 1.82) is 0 Å². The number of phenols is 1. The highest BCUT2D eigenvalue weighted by atomic mass is 16.3. The summed E-state index contributed by atoms with van der Waals surface area (Å²) in [6.07, 6.45) is 0. The fraction of sp³-hybridized carbons (Fsp3) is 0. The van der Waals surface area contributed by atoms with Crippen LogP contribution in [0.15, 0.2) is 42.4 Å². The number of aromatic hydroxyl groups is 1. The van der Waals surface area contributed by atoms with Crippen molar-refractivity contribution in [3.05, 3.63) is 42.4 Å².